The van der Waals surface area contributed by atoms with Crippen molar-refractivity contribution in [1.82, 2.24) is 15.2 Å². The standard InChI is InChI=1S/C26H27N5OS/c1-25(2,3)20-8-6-17(7-9-20)22-23(32)31(5)24(28)30-26(22,4)21-11-19(15-33-21)18-10-16(12-27)13-29-14-18/h6-11,13-15,22H,1-5H3,(H2,28,30)/t22-,26-/m1/s1. The first kappa shape index (κ1) is 22.7. The zero-order valence-electron chi connectivity index (χ0n) is 19.4. The molecule has 0 saturated carbocycles. The van der Waals surface area contributed by atoms with Crippen LogP contribution in [0.2, 0.25) is 0 Å². The average molecular weight is 458 g/mol. The smallest absolute Gasteiger partial charge is 0.239 e. The summed E-state index contributed by atoms with van der Waals surface area (Å²) in [6.07, 6.45) is 3.26. The van der Waals surface area contributed by atoms with Crippen LogP contribution in [-0.4, -0.2) is 28.8 Å². The Hall–Kier alpha value is -3.50. The first-order valence-corrected chi connectivity index (χ1v) is 11.6. The molecule has 0 radical (unpaired) electrons. The van der Waals surface area contributed by atoms with Gasteiger partial charge in [-0.3, -0.25) is 20.1 Å². The molecule has 0 aliphatic carbocycles. The normalized spacial score (nSPS) is 21.0. The molecular weight excluding hydrogens is 430 g/mol. The number of rotatable bonds is 3. The van der Waals surface area contributed by atoms with E-state index in [1.807, 2.05) is 30.5 Å². The third-order valence-electron chi connectivity index (χ3n) is 6.29. The number of nitrogens with one attached hydrogen (secondary N) is 2. The molecule has 2 atom stereocenters. The second-order valence-corrected chi connectivity index (χ2v) is 10.6. The van der Waals surface area contributed by atoms with Crippen LogP contribution in [-0.2, 0) is 15.7 Å². The van der Waals surface area contributed by atoms with Crippen molar-refractivity contribution in [3.63, 3.8) is 0 Å². The van der Waals surface area contributed by atoms with Crippen LogP contribution in [0.15, 0.2) is 54.2 Å². The monoisotopic (exact) mass is 457 g/mol. The molecule has 1 saturated heterocycles. The third-order valence-corrected chi connectivity index (χ3v) is 7.46. The van der Waals surface area contributed by atoms with Gasteiger partial charge in [0.05, 0.1) is 17.0 Å². The van der Waals surface area contributed by atoms with Gasteiger partial charge in [-0.15, -0.1) is 11.3 Å². The predicted molar refractivity (Wildman–Crippen MR) is 131 cm³/mol. The average Bonchev–Trinajstić information content (AvgIpc) is 3.29. The Morgan fingerprint density at radius 1 is 1.18 bits per heavy atom. The molecule has 1 aliphatic heterocycles. The van der Waals surface area contributed by atoms with Gasteiger partial charge in [0.2, 0.25) is 5.91 Å². The lowest BCUT2D eigenvalue weighted by atomic mass is 9.76. The highest BCUT2D eigenvalue weighted by atomic mass is 32.1. The minimum absolute atomic E-state index is 0.0181. The fourth-order valence-electron chi connectivity index (χ4n) is 4.23. The first-order chi connectivity index (χ1) is 15.5. The lowest BCUT2D eigenvalue weighted by molar-refractivity contribution is -0.131. The molecule has 4 rings (SSSR count). The Bertz CT molecular complexity index is 1260. The highest BCUT2D eigenvalue weighted by molar-refractivity contribution is 7.10. The van der Waals surface area contributed by atoms with Crippen LogP contribution in [0.5, 0.6) is 0 Å². The number of likely N-dealkylation sites (N-methyl/N-ethyl adjacent to an activating group) is 1. The second-order valence-electron chi connectivity index (χ2n) is 9.65. The number of nitriles is 1. The zero-order valence-corrected chi connectivity index (χ0v) is 20.2. The van der Waals surface area contributed by atoms with E-state index >= 15 is 0 Å². The summed E-state index contributed by atoms with van der Waals surface area (Å²) >= 11 is 1.53. The number of benzene rings is 1. The minimum Gasteiger partial charge on any atom is -0.345 e. The predicted octanol–water partition coefficient (Wildman–Crippen LogP) is 4.97. The van der Waals surface area contributed by atoms with Gasteiger partial charge >= 0.3 is 0 Å². The van der Waals surface area contributed by atoms with Crippen molar-refractivity contribution in [2.75, 3.05) is 7.05 Å². The van der Waals surface area contributed by atoms with E-state index in [9.17, 15) is 10.1 Å². The maximum Gasteiger partial charge on any atom is 0.239 e. The van der Waals surface area contributed by atoms with E-state index in [1.54, 1.807) is 19.3 Å². The second kappa shape index (κ2) is 8.13. The molecule has 3 heterocycles. The molecule has 1 aromatic carbocycles. The van der Waals surface area contributed by atoms with Crippen LogP contribution in [0.1, 0.15) is 55.2 Å². The molecule has 33 heavy (non-hydrogen) atoms. The number of guanidine groups is 1. The van der Waals surface area contributed by atoms with E-state index in [1.165, 1.54) is 28.0 Å². The molecule has 2 aromatic heterocycles. The summed E-state index contributed by atoms with van der Waals surface area (Å²) in [5.41, 5.74) is 3.61. The van der Waals surface area contributed by atoms with Gasteiger partial charge in [-0.25, -0.2) is 0 Å². The largest absolute Gasteiger partial charge is 0.345 e. The number of nitrogens with zero attached hydrogens (tertiary/aromatic N) is 3. The molecule has 1 amide bonds. The maximum absolute atomic E-state index is 13.5. The molecule has 1 aliphatic rings. The Morgan fingerprint density at radius 3 is 2.52 bits per heavy atom. The van der Waals surface area contributed by atoms with Crippen molar-refractivity contribution in [2.45, 2.75) is 44.6 Å². The van der Waals surface area contributed by atoms with Crippen molar-refractivity contribution in [2.24, 2.45) is 0 Å². The van der Waals surface area contributed by atoms with Gasteiger partial charge in [0.25, 0.3) is 0 Å². The van der Waals surface area contributed by atoms with Crippen LogP contribution >= 0.6 is 11.3 Å². The maximum atomic E-state index is 13.5. The van der Waals surface area contributed by atoms with Crippen LogP contribution in [0.3, 0.4) is 0 Å². The lowest BCUT2D eigenvalue weighted by Gasteiger charge is -2.45. The van der Waals surface area contributed by atoms with Crippen LogP contribution in [0, 0.1) is 16.7 Å². The van der Waals surface area contributed by atoms with E-state index in [0.29, 0.717) is 5.56 Å². The van der Waals surface area contributed by atoms with E-state index in [2.05, 4.69) is 49.3 Å². The number of hydrogen-bond acceptors (Lipinski definition) is 5. The summed E-state index contributed by atoms with van der Waals surface area (Å²) in [5, 5.41) is 22.9. The Labute approximate surface area is 198 Å². The summed E-state index contributed by atoms with van der Waals surface area (Å²) < 4.78 is 0. The van der Waals surface area contributed by atoms with Crippen molar-refractivity contribution >= 4 is 23.2 Å². The number of pyridine rings is 1. The number of amides is 1. The van der Waals surface area contributed by atoms with Gasteiger partial charge < -0.3 is 5.32 Å². The number of aromatic nitrogens is 1. The van der Waals surface area contributed by atoms with Gasteiger partial charge in [-0.2, -0.15) is 5.26 Å². The molecule has 7 heteroatoms. The lowest BCUT2D eigenvalue weighted by Crippen LogP contribution is -2.62. The van der Waals surface area contributed by atoms with Crippen molar-refractivity contribution in [3.05, 3.63) is 75.7 Å². The summed E-state index contributed by atoms with van der Waals surface area (Å²) in [5.74, 6) is -0.540. The highest BCUT2D eigenvalue weighted by Crippen LogP contribution is 2.44. The fraction of sp³-hybridized carbons (Fsp3) is 0.308. The molecule has 3 aromatic rings. The Kier molecular flexibility index (Phi) is 5.59. The van der Waals surface area contributed by atoms with Gasteiger partial charge in [0.15, 0.2) is 5.96 Å². The van der Waals surface area contributed by atoms with Gasteiger partial charge in [0.1, 0.15) is 6.07 Å². The van der Waals surface area contributed by atoms with Crippen LogP contribution in [0.4, 0.5) is 0 Å². The van der Waals surface area contributed by atoms with E-state index in [-0.39, 0.29) is 17.3 Å². The molecule has 0 bridgehead atoms. The Morgan fingerprint density at radius 2 is 1.88 bits per heavy atom. The molecule has 0 unspecified atom stereocenters. The SMILES string of the molecule is CN1C(=N)N[C@](C)(c2cc(-c3cncc(C#N)c3)cs2)[C@H](c2ccc(C(C)(C)C)cc2)C1=O. The van der Waals surface area contributed by atoms with Gasteiger partial charge in [-0.1, -0.05) is 45.0 Å². The highest BCUT2D eigenvalue weighted by Gasteiger charge is 2.49. The van der Waals surface area contributed by atoms with E-state index in [4.69, 9.17) is 5.41 Å². The first-order valence-electron chi connectivity index (χ1n) is 10.7. The fourth-order valence-corrected chi connectivity index (χ4v) is 5.29. The van der Waals surface area contributed by atoms with Crippen molar-refractivity contribution < 1.29 is 4.79 Å². The van der Waals surface area contributed by atoms with E-state index < -0.39 is 11.5 Å². The number of carbonyl (C=O) groups excluding carboxylic acids is 1. The quantitative estimate of drug-likeness (QED) is 0.580. The third kappa shape index (κ3) is 4.03. The molecular formula is C26H27N5OS. The van der Waals surface area contributed by atoms with Crippen LogP contribution in [0.25, 0.3) is 11.1 Å². The molecule has 0 spiro atoms. The van der Waals surface area contributed by atoms with Crippen molar-refractivity contribution in [1.29, 1.82) is 10.7 Å². The molecule has 6 nitrogen and oxygen atoms in total. The minimum atomic E-state index is -0.799. The van der Waals surface area contributed by atoms with E-state index in [0.717, 1.165) is 21.6 Å². The summed E-state index contributed by atoms with van der Waals surface area (Å²) in [6, 6.07) is 14.2. The topological polar surface area (TPSA) is 92.9 Å². The summed E-state index contributed by atoms with van der Waals surface area (Å²) in [4.78, 5) is 20.0. The number of thiophene rings is 1. The van der Waals surface area contributed by atoms with Gasteiger partial charge in [-0.05, 0) is 46.5 Å². The Balaban J connectivity index is 1.79. The summed E-state index contributed by atoms with van der Waals surface area (Å²) in [6.45, 7) is 8.47. The zero-order chi connectivity index (χ0) is 24.0. The van der Waals surface area contributed by atoms with Crippen LogP contribution < -0.4 is 5.32 Å². The molecule has 1 fully saturated rings. The molecule has 2 N–H and O–H groups in total. The number of hydrogen-bond donors (Lipinski definition) is 2. The number of carbonyl (C=O) groups is 1. The van der Waals surface area contributed by atoms with Gasteiger partial charge in [0, 0.05) is 29.9 Å². The van der Waals surface area contributed by atoms with Crippen molar-refractivity contribution in [3.8, 4) is 17.2 Å². The summed E-state index contributed by atoms with van der Waals surface area (Å²) in [7, 11) is 1.63. The molecule has 168 valence electrons.